The molecule has 1 aliphatic carbocycles. The van der Waals surface area contributed by atoms with Gasteiger partial charge in [-0.2, -0.15) is 0 Å². The fourth-order valence-electron chi connectivity index (χ4n) is 4.71. The van der Waals surface area contributed by atoms with Gasteiger partial charge in [-0.3, -0.25) is 10.1 Å². The molecule has 0 radical (unpaired) electrons. The van der Waals surface area contributed by atoms with Crippen LogP contribution in [0.4, 0.5) is 0 Å². The van der Waals surface area contributed by atoms with Gasteiger partial charge in [-0.1, -0.05) is 44.2 Å². The Morgan fingerprint density at radius 2 is 1.77 bits per heavy atom. The van der Waals surface area contributed by atoms with Crippen LogP contribution in [0, 0.1) is 29.4 Å². The van der Waals surface area contributed by atoms with Crippen molar-refractivity contribution < 1.29 is 4.92 Å². The highest BCUT2D eigenvalue weighted by Gasteiger charge is 2.25. The average Bonchev–Trinajstić information content (AvgIpc) is 3.16. The first-order chi connectivity index (χ1) is 14.7. The fraction of sp³-hybridized carbons (Fsp3) is 0.407. The highest BCUT2D eigenvalue weighted by molar-refractivity contribution is 7.13. The Morgan fingerprint density at radius 3 is 2.55 bits per heavy atom. The fourth-order valence-corrected chi connectivity index (χ4v) is 5.62. The van der Waals surface area contributed by atoms with Crippen LogP contribution in [-0.4, -0.2) is 11.5 Å². The van der Waals surface area contributed by atoms with Crippen molar-refractivity contribution in [1.82, 2.24) is 0 Å². The van der Waals surface area contributed by atoms with Crippen LogP contribution >= 0.6 is 11.3 Å². The Bertz CT molecular complexity index is 1130. The first-order valence-electron chi connectivity index (χ1n) is 11.1. The molecule has 2 aromatic carbocycles. The lowest BCUT2D eigenvalue weighted by Crippen LogP contribution is -2.22. The van der Waals surface area contributed by atoms with Gasteiger partial charge in [0.1, 0.15) is 0 Å². The third-order valence-corrected chi connectivity index (χ3v) is 7.67. The lowest BCUT2D eigenvalue weighted by molar-refractivity contribution is -0.479. The second-order valence-corrected chi connectivity index (χ2v) is 10.7. The zero-order valence-electron chi connectivity index (χ0n) is 19.0. The molecule has 0 unspecified atom stereocenters. The van der Waals surface area contributed by atoms with E-state index in [4.69, 9.17) is 0 Å². The third kappa shape index (κ3) is 5.07. The van der Waals surface area contributed by atoms with Crippen molar-refractivity contribution in [3.05, 3.63) is 90.8 Å². The Morgan fingerprint density at radius 1 is 1.03 bits per heavy atom. The van der Waals surface area contributed by atoms with E-state index in [9.17, 15) is 10.1 Å². The van der Waals surface area contributed by atoms with Crippen LogP contribution in [-0.2, 0) is 25.7 Å². The van der Waals surface area contributed by atoms with Crippen LogP contribution in [0.3, 0.4) is 0 Å². The van der Waals surface area contributed by atoms with Crippen molar-refractivity contribution in [3.8, 4) is 10.4 Å². The Labute approximate surface area is 189 Å². The molecular weight excluding hydrogens is 402 g/mol. The van der Waals surface area contributed by atoms with E-state index in [0.29, 0.717) is 11.8 Å². The molecule has 3 aromatic rings. The van der Waals surface area contributed by atoms with Crippen molar-refractivity contribution in [2.75, 3.05) is 6.54 Å². The van der Waals surface area contributed by atoms with Gasteiger partial charge in [0, 0.05) is 16.2 Å². The van der Waals surface area contributed by atoms with E-state index in [1.54, 1.807) is 0 Å². The van der Waals surface area contributed by atoms with Gasteiger partial charge in [0.15, 0.2) is 0 Å². The zero-order valence-corrected chi connectivity index (χ0v) is 19.8. The number of hydrogen-bond donors (Lipinski definition) is 0. The third-order valence-electron chi connectivity index (χ3n) is 6.64. The molecule has 0 atom stereocenters. The topological polar surface area (TPSA) is 43.1 Å². The summed E-state index contributed by atoms with van der Waals surface area (Å²) in [6.07, 6.45) is 5.02. The Hall–Kier alpha value is -2.46. The summed E-state index contributed by atoms with van der Waals surface area (Å²) < 4.78 is 0. The number of nitro groups is 1. The molecule has 0 N–H and O–H groups in total. The lowest BCUT2D eigenvalue weighted by Gasteiger charge is -2.31. The molecule has 1 aromatic heterocycles. The number of nitrogens with zero attached hydrogens (tertiary/aromatic N) is 1. The molecule has 0 amide bonds. The van der Waals surface area contributed by atoms with Gasteiger partial charge in [0.25, 0.3) is 0 Å². The van der Waals surface area contributed by atoms with Crippen LogP contribution in [0.2, 0.25) is 0 Å². The minimum absolute atomic E-state index is 0.00845. The summed E-state index contributed by atoms with van der Waals surface area (Å²) >= 11 is 1.82. The van der Waals surface area contributed by atoms with E-state index in [2.05, 4.69) is 69.5 Å². The SMILES string of the molecule is Cc1cc(Cc2csc(-c3ccc4c(c3)CC(C)(C)CC4)c2)c(C)cc1CC[N+](=O)[O-]. The van der Waals surface area contributed by atoms with Crippen molar-refractivity contribution in [1.29, 1.82) is 0 Å². The second-order valence-electron chi connectivity index (χ2n) is 9.83. The first-order valence-corrected chi connectivity index (χ1v) is 12.0. The van der Waals surface area contributed by atoms with E-state index < -0.39 is 0 Å². The van der Waals surface area contributed by atoms with Gasteiger partial charge < -0.3 is 0 Å². The van der Waals surface area contributed by atoms with Gasteiger partial charge in [0.2, 0.25) is 6.54 Å². The zero-order chi connectivity index (χ0) is 22.2. The molecule has 162 valence electrons. The summed E-state index contributed by atoms with van der Waals surface area (Å²) in [5.74, 6) is 0. The number of hydrogen-bond acceptors (Lipinski definition) is 3. The van der Waals surface area contributed by atoms with Crippen molar-refractivity contribution in [2.24, 2.45) is 5.41 Å². The number of fused-ring (bicyclic) bond motifs is 1. The molecule has 31 heavy (non-hydrogen) atoms. The van der Waals surface area contributed by atoms with Crippen LogP contribution in [0.25, 0.3) is 10.4 Å². The molecule has 3 nitrogen and oxygen atoms in total. The molecule has 0 saturated heterocycles. The number of benzene rings is 2. The van der Waals surface area contributed by atoms with Crippen LogP contribution < -0.4 is 0 Å². The standard InChI is InChI=1S/C27H31NO2S/c1-18-12-24(19(2)11-22(18)8-10-28(29)30)13-20-14-26(31-17-20)23-6-5-21-7-9-27(3,4)16-25(21)15-23/h5-6,11-12,14-15,17H,7-10,13,16H2,1-4H3. The highest BCUT2D eigenvalue weighted by atomic mass is 32.1. The van der Waals surface area contributed by atoms with Gasteiger partial charge in [-0.05, 0) is 101 Å². The van der Waals surface area contributed by atoms with Gasteiger partial charge >= 0.3 is 0 Å². The Balaban J connectivity index is 1.52. The first kappa shape index (κ1) is 21.8. The number of aryl methyl sites for hydroxylation is 3. The van der Waals surface area contributed by atoms with Gasteiger partial charge in [-0.25, -0.2) is 0 Å². The molecule has 0 fully saturated rings. The van der Waals surface area contributed by atoms with Crippen LogP contribution in [0.15, 0.2) is 41.8 Å². The minimum atomic E-state index is -0.239. The second kappa shape index (κ2) is 8.58. The molecule has 0 spiro atoms. The monoisotopic (exact) mass is 433 g/mol. The lowest BCUT2D eigenvalue weighted by atomic mass is 9.74. The van der Waals surface area contributed by atoms with Crippen molar-refractivity contribution >= 4 is 11.3 Å². The number of thiophene rings is 1. The Kier molecular flexibility index (Phi) is 6.02. The van der Waals surface area contributed by atoms with Gasteiger partial charge in [-0.15, -0.1) is 11.3 Å². The molecule has 0 aliphatic heterocycles. The molecule has 1 heterocycles. The molecular formula is C27H31NO2S. The average molecular weight is 434 g/mol. The summed E-state index contributed by atoms with van der Waals surface area (Å²) in [6, 6.07) is 13.7. The predicted octanol–water partition coefficient (Wildman–Crippen LogP) is 6.96. The molecule has 4 heteroatoms. The van der Waals surface area contributed by atoms with E-state index in [1.807, 2.05) is 11.3 Å². The molecule has 0 bridgehead atoms. The summed E-state index contributed by atoms with van der Waals surface area (Å²) in [7, 11) is 0. The summed E-state index contributed by atoms with van der Waals surface area (Å²) in [5, 5.41) is 13.0. The van der Waals surface area contributed by atoms with Crippen LogP contribution in [0.5, 0.6) is 0 Å². The minimum Gasteiger partial charge on any atom is -0.265 e. The molecule has 1 aliphatic rings. The van der Waals surface area contributed by atoms with E-state index >= 15 is 0 Å². The maximum absolute atomic E-state index is 10.7. The quantitative estimate of drug-likeness (QED) is 0.312. The maximum Gasteiger partial charge on any atom is 0.207 e. The van der Waals surface area contributed by atoms with Gasteiger partial charge in [0.05, 0.1) is 0 Å². The van der Waals surface area contributed by atoms with E-state index in [-0.39, 0.29) is 11.5 Å². The van der Waals surface area contributed by atoms with E-state index in [0.717, 1.165) is 24.0 Å². The predicted molar refractivity (Wildman–Crippen MR) is 130 cm³/mol. The summed E-state index contributed by atoms with van der Waals surface area (Å²) in [4.78, 5) is 11.8. The normalized spacial score (nSPS) is 15.0. The van der Waals surface area contributed by atoms with Crippen LogP contribution in [0.1, 0.15) is 59.2 Å². The van der Waals surface area contributed by atoms with E-state index in [1.165, 1.54) is 51.1 Å². The molecule has 0 saturated carbocycles. The number of rotatable bonds is 6. The van der Waals surface area contributed by atoms with Crippen molar-refractivity contribution in [3.63, 3.8) is 0 Å². The summed E-state index contributed by atoms with van der Waals surface area (Å²) in [5.41, 5.74) is 10.8. The highest BCUT2D eigenvalue weighted by Crippen LogP contribution is 2.37. The van der Waals surface area contributed by atoms with Crippen molar-refractivity contribution in [2.45, 2.75) is 59.8 Å². The molecule has 4 rings (SSSR count). The maximum atomic E-state index is 10.7. The largest absolute Gasteiger partial charge is 0.265 e. The summed E-state index contributed by atoms with van der Waals surface area (Å²) in [6.45, 7) is 8.91. The smallest absolute Gasteiger partial charge is 0.207 e.